The van der Waals surface area contributed by atoms with E-state index in [2.05, 4.69) is 346 Å². The summed E-state index contributed by atoms with van der Waals surface area (Å²) in [7, 11) is 0. The maximum Gasteiger partial charge on any atom is 0.145 e. The Bertz CT molecular complexity index is 5580. The molecule has 0 radical (unpaired) electrons. The Morgan fingerprint density at radius 2 is 0.439 bits per heavy atom. The monoisotopic (exact) mass is 1320 g/mol. The van der Waals surface area contributed by atoms with Gasteiger partial charge in [-0.25, -0.2) is 15.0 Å². The summed E-state index contributed by atoms with van der Waals surface area (Å²) in [5.41, 5.74) is 26.4. The highest BCUT2D eigenvalue weighted by Crippen LogP contribution is 2.41. The number of anilines is 4. The third kappa shape index (κ3) is 9.82. The number of fused-ring (bicyclic) bond motifs is 15. The van der Waals surface area contributed by atoms with Gasteiger partial charge in [-0.15, -0.1) is 0 Å². The van der Waals surface area contributed by atoms with Crippen LogP contribution in [-0.2, 0) is 0 Å². The third-order valence-corrected chi connectivity index (χ3v) is 19.3. The summed E-state index contributed by atoms with van der Waals surface area (Å²) in [5, 5.41) is 12.2. The Hall–Kier alpha value is -12.8. The van der Waals surface area contributed by atoms with Crippen molar-refractivity contribution in [1.82, 2.24) is 37.8 Å². The van der Waals surface area contributed by atoms with Crippen LogP contribution in [0.25, 0.3) is 138 Å². The van der Waals surface area contributed by atoms with Crippen LogP contribution in [-0.4, -0.2) is 37.8 Å². The van der Waals surface area contributed by atoms with Gasteiger partial charge in [0.05, 0.1) is 38.6 Å². The van der Waals surface area contributed by atoms with Crippen molar-refractivity contribution >= 4 is 148 Å². The van der Waals surface area contributed by atoms with Crippen molar-refractivity contribution in [2.75, 3.05) is 10.6 Å². The zero-order valence-corrected chi connectivity index (χ0v) is 54.5. The number of nitrogen functional groups attached to an aromatic ring is 1. The standard InChI is InChI=1S/C52H34N6.C18H14N2.C17H11BrN2/c1-5-17-47-41(11-1)42-12-2-6-18-48(42)56(47)38-27-21-35(22-28-38)55(36-23-29-39(30-24-36)57-49-19-7-3-13-43(49)45-15-9-33-53-51(45)57)37-25-31-40(32-26-37)58-50-20-8-4-14-44(50)46-16-10-34-54-52(46)58;19-13-9-11-14(12-10-13)20-17-7-3-1-5-15(17)16-6-2-4-8-18(16)20;18-12-7-9-13(10-8-12)20-16-6-2-1-4-14(16)15-5-3-11-19-17(15)20/h1-34H;1-12H,19H2;1-11H. The van der Waals surface area contributed by atoms with Crippen molar-refractivity contribution in [3.8, 4) is 28.4 Å². The van der Waals surface area contributed by atoms with Crippen LogP contribution in [0.5, 0.6) is 0 Å². The molecular formula is C87H59BrN10. The summed E-state index contributed by atoms with van der Waals surface area (Å²) < 4.78 is 12.4. The van der Waals surface area contributed by atoms with E-state index < -0.39 is 0 Å². The van der Waals surface area contributed by atoms with Crippen molar-refractivity contribution in [1.29, 1.82) is 0 Å². The van der Waals surface area contributed by atoms with Gasteiger partial charge in [0, 0.05) is 128 Å². The van der Waals surface area contributed by atoms with E-state index in [4.69, 9.17) is 15.7 Å². The molecule has 20 rings (SSSR count). The fourth-order valence-electron chi connectivity index (χ4n) is 14.5. The number of hydrogen-bond donors (Lipinski definition) is 1. The molecule has 0 amide bonds. The van der Waals surface area contributed by atoms with Crippen LogP contribution in [0.1, 0.15) is 0 Å². The van der Waals surface area contributed by atoms with Gasteiger partial charge in [-0.3, -0.25) is 13.7 Å². The number of para-hydroxylation sites is 7. The number of hydrogen-bond acceptors (Lipinski definition) is 5. The number of halogens is 1. The van der Waals surface area contributed by atoms with Crippen LogP contribution in [0.15, 0.2) is 351 Å². The topological polar surface area (TPSA) is 92.6 Å². The van der Waals surface area contributed by atoms with Gasteiger partial charge >= 0.3 is 0 Å². The molecule has 0 fully saturated rings. The minimum Gasteiger partial charge on any atom is -0.399 e. The average molecular weight is 1320 g/mol. The maximum atomic E-state index is 5.80. The van der Waals surface area contributed by atoms with Gasteiger partial charge in [0.2, 0.25) is 0 Å². The van der Waals surface area contributed by atoms with E-state index >= 15 is 0 Å². The first-order chi connectivity index (χ1) is 48.5. The molecule has 10 nitrogen and oxygen atoms in total. The molecule has 0 spiro atoms. The van der Waals surface area contributed by atoms with Crippen molar-refractivity contribution in [2.45, 2.75) is 0 Å². The molecule has 0 aliphatic heterocycles. The Labute approximate surface area is 571 Å². The number of rotatable bonds is 8. The van der Waals surface area contributed by atoms with Crippen LogP contribution >= 0.6 is 15.9 Å². The molecular weight excluding hydrogens is 1260 g/mol. The molecule has 12 aromatic carbocycles. The van der Waals surface area contributed by atoms with E-state index in [-0.39, 0.29) is 0 Å². The summed E-state index contributed by atoms with van der Waals surface area (Å²) in [6, 6.07) is 115. The SMILES string of the molecule is Brc1ccc(-n2c3ccccc3c3cccnc32)cc1.Nc1ccc(-n2c3ccccc3c3ccccc32)cc1.c1ccc2c(c1)c1ccccc1n2-c1ccc(N(c2ccc(-n3c4ccccc4c4cccnc43)cc2)c2ccc(-n3c4ccccc4c4cccnc43)cc2)cc1. The summed E-state index contributed by atoms with van der Waals surface area (Å²) in [6.07, 6.45) is 5.59. The molecule has 464 valence electrons. The number of pyridine rings is 3. The molecule has 0 saturated heterocycles. The summed E-state index contributed by atoms with van der Waals surface area (Å²) in [6.45, 7) is 0. The van der Waals surface area contributed by atoms with E-state index in [0.29, 0.717) is 0 Å². The summed E-state index contributed by atoms with van der Waals surface area (Å²) >= 11 is 3.48. The maximum absolute atomic E-state index is 5.80. The van der Waals surface area contributed by atoms with Crippen molar-refractivity contribution < 1.29 is 0 Å². The van der Waals surface area contributed by atoms with E-state index in [1.807, 2.05) is 48.9 Å². The zero-order valence-electron chi connectivity index (χ0n) is 52.9. The minimum absolute atomic E-state index is 0.787. The molecule has 0 unspecified atom stereocenters. The molecule has 8 heterocycles. The molecule has 20 aromatic rings. The van der Waals surface area contributed by atoms with Crippen LogP contribution in [0.4, 0.5) is 22.7 Å². The fourth-order valence-corrected chi connectivity index (χ4v) is 14.8. The van der Waals surface area contributed by atoms with Crippen LogP contribution in [0.2, 0.25) is 0 Å². The van der Waals surface area contributed by atoms with E-state index in [1.54, 1.807) is 0 Å². The van der Waals surface area contributed by atoms with Crippen molar-refractivity contribution in [2.24, 2.45) is 0 Å². The van der Waals surface area contributed by atoms with Gasteiger partial charge in [-0.05, 0) is 200 Å². The Kier molecular flexibility index (Phi) is 14.3. The van der Waals surface area contributed by atoms with E-state index in [9.17, 15) is 0 Å². The van der Waals surface area contributed by atoms with Gasteiger partial charge in [0.15, 0.2) is 0 Å². The first-order valence-electron chi connectivity index (χ1n) is 32.7. The van der Waals surface area contributed by atoms with Gasteiger partial charge in [-0.1, -0.05) is 143 Å². The van der Waals surface area contributed by atoms with Gasteiger partial charge in [0.1, 0.15) is 16.9 Å². The lowest BCUT2D eigenvalue weighted by Crippen LogP contribution is -2.10. The normalized spacial score (nSPS) is 11.6. The molecule has 0 aliphatic carbocycles. The molecule has 0 bridgehead atoms. The molecule has 0 atom stereocenters. The highest BCUT2D eigenvalue weighted by atomic mass is 79.9. The van der Waals surface area contributed by atoms with Gasteiger partial charge in [0.25, 0.3) is 0 Å². The Morgan fingerprint density at radius 3 is 0.724 bits per heavy atom. The molecule has 2 N–H and O–H groups in total. The largest absolute Gasteiger partial charge is 0.399 e. The highest BCUT2D eigenvalue weighted by Gasteiger charge is 2.20. The number of benzene rings is 12. The highest BCUT2D eigenvalue weighted by molar-refractivity contribution is 9.10. The molecule has 0 aliphatic rings. The number of nitrogens with zero attached hydrogens (tertiary/aromatic N) is 9. The van der Waals surface area contributed by atoms with Crippen LogP contribution in [0.3, 0.4) is 0 Å². The second-order valence-electron chi connectivity index (χ2n) is 24.4. The Balaban J connectivity index is 0.000000140. The van der Waals surface area contributed by atoms with Crippen molar-refractivity contribution in [3.05, 3.63) is 351 Å². The third-order valence-electron chi connectivity index (χ3n) is 18.8. The van der Waals surface area contributed by atoms with Crippen LogP contribution < -0.4 is 10.6 Å². The molecule has 8 aromatic heterocycles. The quantitative estimate of drug-likeness (QED) is 0.153. The van der Waals surface area contributed by atoms with Gasteiger partial charge in [-0.2, -0.15) is 0 Å². The van der Waals surface area contributed by atoms with Crippen LogP contribution in [0, 0.1) is 0 Å². The predicted molar refractivity (Wildman–Crippen MR) is 411 cm³/mol. The van der Waals surface area contributed by atoms with E-state index in [0.717, 1.165) is 94.4 Å². The van der Waals surface area contributed by atoms with Crippen molar-refractivity contribution in [3.63, 3.8) is 0 Å². The summed E-state index contributed by atoms with van der Waals surface area (Å²) in [4.78, 5) is 16.6. The molecule has 0 saturated carbocycles. The Morgan fingerprint density at radius 1 is 0.224 bits per heavy atom. The lowest BCUT2D eigenvalue weighted by atomic mass is 10.1. The molecule has 11 heteroatoms. The number of aromatic nitrogens is 8. The first kappa shape index (κ1) is 57.8. The zero-order chi connectivity index (χ0) is 65.2. The lowest BCUT2D eigenvalue weighted by molar-refractivity contribution is 1.13. The van der Waals surface area contributed by atoms with Gasteiger partial charge < -0.3 is 19.8 Å². The minimum atomic E-state index is 0.787. The molecule has 98 heavy (non-hydrogen) atoms. The van der Waals surface area contributed by atoms with E-state index in [1.165, 1.54) is 70.7 Å². The smallest absolute Gasteiger partial charge is 0.145 e. The average Bonchev–Trinajstić information content (AvgIpc) is 1.63. The first-order valence-corrected chi connectivity index (χ1v) is 33.5. The predicted octanol–water partition coefficient (Wildman–Crippen LogP) is 22.5. The second kappa shape index (κ2) is 24.2. The summed E-state index contributed by atoms with van der Waals surface area (Å²) in [5.74, 6) is 0. The second-order valence-corrected chi connectivity index (χ2v) is 25.3. The fraction of sp³-hybridized carbons (Fsp3) is 0. The number of nitrogens with two attached hydrogens (primary N) is 1. The lowest BCUT2D eigenvalue weighted by Gasteiger charge is -2.26.